The first kappa shape index (κ1) is 20.5. The molecule has 0 aliphatic heterocycles. The highest BCUT2D eigenvalue weighted by Crippen LogP contribution is 2.17. The SMILES string of the molecule is CCN(CC)S(=O)(=O)c1ccc(C(=O)OCc2ccc([N+](=O)[O-])cc2)cc1. The highest BCUT2D eigenvalue weighted by Gasteiger charge is 2.21. The lowest BCUT2D eigenvalue weighted by atomic mass is 10.2. The van der Waals surface area contributed by atoms with E-state index in [1.54, 1.807) is 13.8 Å². The molecule has 0 spiro atoms. The number of hydrogen-bond donors (Lipinski definition) is 0. The van der Waals surface area contributed by atoms with Crippen LogP contribution in [0.3, 0.4) is 0 Å². The number of nitrogens with zero attached hydrogens (tertiary/aromatic N) is 2. The van der Waals surface area contributed by atoms with Gasteiger partial charge in [0.15, 0.2) is 0 Å². The summed E-state index contributed by atoms with van der Waals surface area (Å²) in [6, 6.07) is 11.2. The molecule has 8 nitrogen and oxygen atoms in total. The molecule has 0 saturated heterocycles. The fourth-order valence-corrected chi connectivity index (χ4v) is 3.88. The van der Waals surface area contributed by atoms with E-state index in [0.29, 0.717) is 18.7 Å². The van der Waals surface area contributed by atoms with Crippen LogP contribution in [0.1, 0.15) is 29.8 Å². The number of benzene rings is 2. The van der Waals surface area contributed by atoms with Gasteiger partial charge < -0.3 is 4.74 Å². The van der Waals surface area contributed by atoms with Gasteiger partial charge in [0, 0.05) is 25.2 Å². The molecule has 2 rings (SSSR count). The van der Waals surface area contributed by atoms with Crippen molar-refractivity contribution in [2.45, 2.75) is 25.3 Å². The van der Waals surface area contributed by atoms with E-state index in [0.717, 1.165) is 0 Å². The van der Waals surface area contributed by atoms with Crippen molar-refractivity contribution in [3.63, 3.8) is 0 Å². The summed E-state index contributed by atoms with van der Waals surface area (Å²) < 4.78 is 31.3. The van der Waals surface area contributed by atoms with Gasteiger partial charge in [-0.3, -0.25) is 10.1 Å². The van der Waals surface area contributed by atoms with Gasteiger partial charge in [0.2, 0.25) is 10.0 Å². The molecule has 2 aromatic carbocycles. The fourth-order valence-electron chi connectivity index (χ4n) is 2.42. The lowest BCUT2D eigenvalue weighted by Crippen LogP contribution is -2.30. The Morgan fingerprint density at radius 3 is 2.07 bits per heavy atom. The minimum Gasteiger partial charge on any atom is -0.457 e. The van der Waals surface area contributed by atoms with E-state index in [1.807, 2.05) is 0 Å². The van der Waals surface area contributed by atoms with Gasteiger partial charge in [-0.05, 0) is 42.0 Å². The number of ether oxygens (including phenoxy) is 1. The highest BCUT2D eigenvalue weighted by molar-refractivity contribution is 7.89. The molecule has 2 aromatic rings. The third kappa shape index (κ3) is 4.89. The molecule has 27 heavy (non-hydrogen) atoms. The van der Waals surface area contributed by atoms with Crippen molar-refractivity contribution < 1.29 is 22.9 Å². The van der Waals surface area contributed by atoms with Crippen LogP contribution in [0.15, 0.2) is 53.4 Å². The predicted molar refractivity (Wildman–Crippen MR) is 98.8 cm³/mol. The standard InChI is InChI=1S/C18H20N2O6S/c1-3-19(4-2)27(24,25)17-11-7-15(8-12-17)18(21)26-13-14-5-9-16(10-6-14)20(22)23/h5-12H,3-4,13H2,1-2H3. The summed E-state index contributed by atoms with van der Waals surface area (Å²) >= 11 is 0. The second-order valence-corrected chi connectivity index (χ2v) is 7.55. The molecule has 0 aromatic heterocycles. The van der Waals surface area contributed by atoms with E-state index in [9.17, 15) is 23.3 Å². The van der Waals surface area contributed by atoms with Gasteiger partial charge in [0.1, 0.15) is 6.61 Å². The van der Waals surface area contributed by atoms with Gasteiger partial charge in [-0.25, -0.2) is 13.2 Å². The Labute approximate surface area is 157 Å². The number of esters is 1. The van der Waals surface area contributed by atoms with E-state index < -0.39 is 20.9 Å². The quantitative estimate of drug-likeness (QED) is 0.388. The molecule has 0 aliphatic rings. The van der Waals surface area contributed by atoms with Gasteiger partial charge >= 0.3 is 5.97 Å². The average Bonchev–Trinajstić information content (AvgIpc) is 2.67. The van der Waals surface area contributed by atoms with Crippen LogP contribution in [-0.2, 0) is 21.4 Å². The summed E-state index contributed by atoms with van der Waals surface area (Å²) in [6.45, 7) is 4.18. The van der Waals surface area contributed by atoms with Crippen molar-refractivity contribution in [2.24, 2.45) is 0 Å². The monoisotopic (exact) mass is 392 g/mol. The molecule has 0 heterocycles. The lowest BCUT2D eigenvalue weighted by Gasteiger charge is -2.18. The zero-order valence-corrected chi connectivity index (χ0v) is 15.8. The summed E-state index contributed by atoms with van der Waals surface area (Å²) in [4.78, 5) is 22.3. The Bertz CT molecular complexity index is 904. The maximum Gasteiger partial charge on any atom is 0.338 e. The zero-order chi connectivity index (χ0) is 20.0. The van der Waals surface area contributed by atoms with Crippen molar-refractivity contribution in [2.75, 3.05) is 13.1 Å². The topological polar surface area (TPSA) is 107 Å². The molecule has 0 N–H and O–H groups in total. The third-order valence-electron chi connectivity index (χ3n) is 3.95. The number of carbonyl (C=O) groups is 1. The summed E-state index contributed by atoms with van der Waals surface area (Å²) in [5.41, 5.74) is 0.778. The molecule has 0 fully saturated rings. The van der Waals surface area contributed by atoms with Gasteiger partial charge in [0.05, 0.1) is 15.4 Å². The van der Waals surface area contributed by atoms with Crippen LogP contribution in [0.25, 0.3) is 0 Å². The van der Waals surface area contributed by atoms with Crippen LogP contribution >= 0.6 is 0 Å². The van der Waals surface area contributed by atoms with Crippen LogP contribution in [0.2, 0.25) is 0 Å². The molecule has 0 unspecified atom stereocenters. The second-order valence-electron chi connectivity index (χ2n) is 5.61. The normalized spacial score (nSPS) is 11.4. The first-order valence-corrected chi connectivity index (χ1v) is 9.74. The van der Waals surface area contributed by atoms with Crippen molar-refractivity contribution >= 4 is 21.7 Å². The molecular formula is C18H20N2O6S. The highest BCUT2D eigenvalue weighted by atomic mass is 32.2. The van der Waals surface area contributed by atoms with E-state index >= 15 is 0 Å². The second kappa shape index (κ2) is 8.74. The molecule has 9 heteroatoms. The zero-order valence-electron chi connectivity index (χ0n) is 15.0. The number of carbonyl (C=O) groups excluding carboxylic acids is 1. The molecular weight excluding hydrogens is 372 g/mol. The smallest absolute Gasteiger partial charge is 0.338 e. The number of nitro benzene ring substituents is 1. The Hall–Kier alpha value is -2.78. The van der Waals surface area contributed by atoms with E-state index in [2.05, 4.69) is 0 Å². The van der Waals surface area contributed by atoms with Crippen LogP contribution in [0.4, 0.5) is 5.69 Å². The Balaban J connectivity index is 2.04. The van der Waals surface area contributed by atoms with Crippen molar-refractivity contribution in [3.05, 3.63) is 69.8 Å². The van der Waals surface area contributed by atoms with Crippen LogP contribution in [-0.4, -0.2) is 36.7 Å². The number of non-ortho nitro benzene ring substituents is 1. The van der Waals surface area contributed by atoms with Crippen LogP contribution < -0.4 is 0 Å². The first-order valence-electron chi connectivity index (χ1n) is 8.30. The minimum absolute atomic E-state index is 0.0453. The van der Waals surface area contributed by atoms with Gasteiger partial charge in [0.25, 0.3) is 5.69 Å². The molecule has 0 radical (unpaired) electrons. The van der Waals surface area contributed by atoms with E-state index in [4.69, 9.17) is 4.74 Å². The minimum atomic E-state index is -3.58. The number of nitro groups is 1. The lowest BCUT2D eigenvalue weighted by molar-refractivity contribution is -0.384. The molecule has 0 aliphatic carbocycles. The molecule has 0 amide bonds. The van der Waals surface area contributed by atoms with Crippen molar-refractivity contribution in [1.29, 1.82) is 0 Å². The molecule has 144 valence electrons. The number of sulfonamides is 1. The average molecular weight is 392 g/mol. The Morgan fingerprint density at radius 1 is 1.04 bits per heavy atom. The maximum atomic E-state index is 12.4. The summed E-state index contributed by atoms with van der Waals surface area (Å²) in [6.07, 6.45) is 0. The third-order valence-corrected chi connectivity index (χ3v) is 6.01. The van der Waals surface area contributed by atoms with Gasteiger partial charge in [-0.15, -0.1) is 0 Å². The summed E-state index contributed by atoms with van der Waals surface area (Å²) in [7, 11) is -3.58. The predicted octanol–water partition coefficient (Wildman–Crippen LogP) is 2.98. The first-order chi connectivity index (χ1) is 12.8. The van der Waals surface area contributed by atoms with Crippen molar-refractivity contribution in [1.82, 2.24) is 4.31 Å². The molecule has 0 atom stereocenters. The van der Waals surface area contributed by atoms with Gasteiger partial charge in [-0.2, -0.15) is 4.31 Å². The molecule has 0 bridgehead atoms. The fraction of sp³-hybridized carbons (Fsp3) is 0.278. The summed E-state index contributed by atoms with van der Waals surface area (Å²) in [5.74, 6) is -0.611. The van der Waals surface area contributed by atoms with E-state index in [1.165, 1.54) is 52.8 Å². The van der Waals surface area contributed by atoms with Gasteiger partial charge in [-0.1, -0.05) is 13.8 Å². The summed E-state index contributed by atoms with van der Waals surface area (Å²) in [5, 5.41) is 10.6. The number of hydrogen-bond acceptors (Lipinski definition) is 6. The largest absolute Gasteiger partial charge is 0.457 e. The van der Waals surface area contributed by atoms with Crippen molar-refractivity contribution in [3.8, 4) is 0 Å². The van der Waals surface area contributed by atoms with E-state index in [-0.39, 0.29) is 22.8 Å². The molecule has 0 saturated carbocycles. The van der Waals surface area contributed by atoms with Crippen LogP contribution in [0.5, 0.6) is 0 Å². The number of rotatable bonds is 8. The Morgan fingerprint density at radius 2 is 1.59 bits per heavy atom. The van der Waals surface area contributed by atoms with Crippen LogP contribution in [0, 0.1) is 10.1 Å². The Kier molecular flexibility index (Phi) is 6.65. The maximum absolute atomic E-state index is 12.4.